The number of ether oxygens (including phenoxy) is 1. The molecule has 0 spiro atoms. The first kappa shape index (κ1) is 12.5. The van der Waals surface area contributed by atoms with Gasteiger partial charge in [0.1, 0.15) is 0 Å². The summed E-state index contributed by atoms with van der Waals surface area (Å²) in [5.41, 5.74) is -0.511. The molecule has 88 valence electrons. The molecule has 3 nitrogen and oxygen atoms in total. The van der Waals surface area contributed by atoms with E-state index in [9.17, 15) is 9.90 Å². The molecule has 1 aliphatic rings. The highest BCUT2D eigenvalue weighted by atomic mass is 16.5. The van der Waals surface area contributed by atoms with E-state index in [0.717, 1.165) is 12.8 Å². The van der Waals surface area contributed by atoms with Crippen LogP contribution < -0.4 is 0 Å². The molecule has 1 N–H and O–H groups in total. The molecule has 0 unspecified atom stereocenters. The van der Waals surface area contributed by atoms with Gasteiger partial charge < -0.3 is 9.84 Å². The second-order valence-electron chi connectivity index (χ2n) is 5.37. The third-order valence-electron chi connectivity index (χ3n) is 3.31. The van der Waals surface area contributed by atoms with Crippen LogP contribution in [0.2, 0.25) is 0 Å². The molecule has 0 aromatic heterocycles. The van der Waals surface area contributed by atoms with Gasteiger partial charge in [0, 0.05) is 0 Å². The van der Waals surface area contributed by atoms with Crippen LogP contribution in [-0.4, -0.2) is 23.3 Å². The monoisotopic (exact) mass is 214 g/mol. The van der Waals surface area contributed by atoms with Gasteiger partial charge in [-0.25, -0.2) is 0 Å². The first-order chi connectivity index (χ1) is 6.87. The topological polar surface area (TPSA) is 46.5 Å². The van der Waals surface area contributed by atoms with Crippen molar-refractivity contribution in [2.24, 2.45) is 5.41 Å². The van der Waals surface area contributed by atoms with Crippen molar-refractivity contribution >= 4 is 5.97 Å². The summed E-state index contributed by atoms with van der Waals surface area (Å²) in [7, 11) is 0. The summed E-state index contributed by atoms with van der Waals surface area (Å²) < 4.78 is 4.86. The lowest BCUT2D eigenvalue weighted by Crippen LogP contribution is -2.39. The smallest absolute Gasteiger partial charge is 0.308 e. The van der Waals surface area contributed by atoms with E-state index in [2.05, 4.69) is 13.8 Å². The Bertz CT molecular complexity index is 223. The molecular formula is C12H22O3. The number of carbonyl (C=O) groups is 1. The van der Waals surface area contributed by atoms with Crippen molar-refractivity contribution in [3.05, 3.63) is 0 Å². The van der Waals surface area contributed by atoms with Crippen LogP contribution in [0, 0.1) is 5.41 Å². The van der Waals surface area contributed by atoms with Gasteiger partial charge in [0.15, 0.2) is 0 Å². The first-order valence-electron chi connectivity index (χ1n) is 5.75. The van der Waals surface area contributed by atoms with Crippen LogP contribution in [0.25, 0.3) is 0 Å². The number of hydrogen-bond donors (Lipinski definition) is 1. The average Bonchev–Trinajstić information content (AvgIpc) is 2.12. The van der Waals surface area contributed by atoms with E-state index in [0.29, 0.717) is 24.9 Å². The molecule has 0 radical (unpaired) electrons. The molecule has 0 heterocycles. The maximum atomic E-state index is 11.3. The van der Waals surface area contributed by atoms with Gasteiger partial charge in [0.25, 0.3) is 0 Å². The highest BCUT2D eigenvalue weighted by Gasteiger charge is 2.38. The van der Waals surface area contributed by atoms with E-state index in [-0.39, 0.29) is 12.4 Å². The maximum absolute atomic E-state index is 11.3. The molecule has 0 saturated heterocycles. The standard InChI is InChI=1S/C12H22O3/c1-4-15-10(13)9-12(14)7-5-11(2,3)6-8-12/h14H,4-9H2,1-3H3. The number of hydrogen-bond acceptors (Lipinski definition) is 3. The van der Waals surface area contributed by atoms with E-state index in [4.69, 9.17) is 4.74 Å². The Morgan fingerprint density at radius 3 is 2.27 bits per heavy atom. The fourth-order valence-electron chi connectivity index (χ4n) is 2.05. The fraction of sp³-hybridized carbons (Fsp3) is 0.917. The minimum Gasteiger partial charge on any atom is -0.466 e. The molecular weight excluding hydrogens is 192 g/mol. The average molecular weight is 214 g/mol. The zero-order valence-corrected chi connectivity index (χ0v) is 10.0. The molecule has 0 aromatic rings. The zero-order chi connectivity index (χ0) is 11.5. The molecule has 3 heteroatoms. The van der Waals surface area contributed by atoms with Crippen LogP contribution in [0.1, 0.15) is 52.9 Å². The highest BCUT2D eigenvalue weighted by molar-refractivity contribution is 5.70. The van der Waals surface area contributed by atoms with Crippen LogP contribution in [0.15, 0.2) is 0 Å². The van der Waals surface area contributed by atoms with Crippen molar-refractivity contribution in [2.45, 2.75) is 58.5 Å². The van der Waals surface area contributed by atoms with Gasteiger partial charge in [0.05, 0.1) is 18.6 Å². The Balaban J connectivity index is 2.44. The molecule has 0 aromatic carbocycles. The molecule has 0 aliphatic heterocycles. The SMILES string of the molecule is CCOC(=O)CC1(O)CCC(C)(C)CC1. The van der Waals surface area contributed by atoms with Crippen LogP contribution in [0.4, 0.5) is 0 Å². The first-order valence-corrected chi connectivity index (χ1v) is 5.75. The van der Waals surface area contributed by atoms with E-state index < -0.39 is 5.60 Å². The molecule has 15 heavy (non-hydrogen) atoms. The number of aliphatic hydroxyl groups is 1. The summed E-state index contributed by atoms with van der Waals surface area (Å²) in [5.74, 6) is -0.278. The Labute approximate surface area is 91.8 Å². The Morgan fingerprint density at radius 1 is 1.27 bits per heavy atom. The van der Waals surface area contributed by atoms with Crippen LogP contribution in [-0.2, 0) is 9.53 Å². The van der Waals surface area contributed by atoms with Crippen molar-refractivity contribution in [1.82, 2.24) is 0 Å². The fourth-order valence-corrected chi connectivity index (χ4v) is 2.05. The quantitative estimate of drug-likeness (QED) is 0.733. The zero-order valence-electron chi connectivity index (χ0n) is 10.0. The van der Waals surface area contributed by atoms with Crippen molar-refractivity contribution in [3.63, 3.8) is 0 Å². The van der Waals surface area contributed by atoms with Crippen LogP contribution in [0.3, 0.4) is 0 Å². The lowest BCUT2D eigenvalue weighted by atomic mass is 9.70. The van der Waals surface area contributed by atoms with Gasteiger partial charge in [-0.05, 0) is 38.0 Å². The largest absolute Gasteiger partial charge is 0.466 e. The number of carbonyl (C=O) groups excluding carboxylic acids is 1. The summed E-state index contributed by atoms with van der Waals surface area (Å²) in [6.07, 6.45) is 3.51. The lowest BCUT2D eigenvalue weighted by Gasteiger charge is -2.39. The van der Waals surface area contributed by atoms with E-state index in [1.165, 1.54) is 0 Å². The third kappa shape index (κ3) is 3.82. The molecule has 0 amide bonds. The second kappa shape index (κ2) is 4.52. The van der Waals surface area contributed by atoms with Crippen molar-refractivity contribution < 1.29 is 14.6 Å². The van der Waals surface area contributed by atoms with Crippen LogP contribution >= 0.6 is 0 Å². The summed E-state index contributed by atoms with van der Waals surface area (Å²) in [5, 5.41) is 10.2. The van der Waals surface area contributed by atoms with Gasteiger partial charge in [-0.2, -0.15) is 0 Å². The molecule has 0 atom stereocenters. The van der Waals surface area contributed by atoms with Crippen LogP contribution in [0.5, 0.6) is 0 Å². The predicted molar refractivity (Wildman–Crippen MR) is 58.4 cm³/mol. The molecule has 1 aliphatic carbocycles. The molecule has 1 rings (SSSR count). The van der Waals surface area contributed by atoms with Crippen molar-refractivity contribution in [2.75, 3.05) is 6.61 Å². The molecule has 1 saturated carbocycles. The van der Waals surface area contributed by atoms with Crippen molar-refractivity contribution in [1.29, 1.82) is 0 Å². The third-order valence-corrected chi connectivity index (χ3v) is 3.31. The predicted octanol–water partition coefficient (Wildman–Crippen LogP) is 2.27. The van der Waals surface area contributed by atoms with Gasteiger partial charge in [-0.1, -0.05) is 13.8 Å². The minimum absolute atomic E-state index is 0.150. The summed E-state index contributed by atoms with van der Waals surface area (Å²) in [4.78, 5) is 11.3. The lowest BCUT2D eigenvalue weighted by molar-refractivity contribution is -0.151. The van der Waals surface area contributed by atoms with Crippen molar-refractivity contribution in [3.8, 4) is 0 Å². The molecule has 1 fully saturated rings. The molecule has 0 bridgehead atoms. The normalized spacial score (nSPS) is 23.5. The number of esters is 1. The van der Waals surface area contributed by atoms with Gasteiger partial charge >= 0.3 is 5.97 Å². The van der Waals surface area contributed by atoms with Gasteiger partial charge in [0.2, 0.25) is 0 Å². The second-order valence-corrected chi connectivity index (χ2v) is 5.37. The van der Waals surface area contributed by atoms with E-state index >= 15 is 0 Å². The maximum Gasteiger partial charge on any atom is 0.308 e. The van der Waals surface area contributed by atoms with Gasteiger partial charge in [-0.3, -0.25) is 4.79 Å². The Morgan fingerprint density at radius 2 is 1.80 bits per heavy atom. The number of rotatable bonds is 3. The minimum atomic E-state index is -0.818. The Kier molecular flexibility index (Phi) is 3.77. The summed E-state index contributed by atoms with van der Waals surface area (Å²) >= 11 is 0. The highest BCUT2D eigenvalue weighted by Crippen LogP contribution is 2.41. The van der Waals surface area contributed by atoms with E-state index in [1.54, 1.807) is 6.92 Å². The summed E-state index contributed by atoms with van der Waals surface area (Å²) in [6, 6.07) is 0. The van der Waals surface area contributed by atoms with E-state index in [1.807, 2.05) is 0 Å². The Hall–Kier alpha value is -0.570. The van der Waals surface area contributed by atoms with Gasteiger partial charge in [-0.15, -0.1) is 0 Å². The summed E-state index contributed by atoms with van der Waals surface area (Å²) in [6.45, 7) is 6.58.